The number of hydrogen-bond donors (Lipinski definition) is 1. The van der Waals surface area contributed by atoms with E-state index in [1.807, 2.05) is 0 Å². The average molecular weight is 248 g/mol. The van der Waals surface area contributed by atoms with Gasteiger partial charge in [-0.25, -0.2) is 9.48 Å². The van der Waals surface area contributed by atoms with E-state index in [1.165, 1.54) is 31.0 Å². The Morgan fingerprint density at radius 3 is 2.72 bits per heavy atom. The van der Waals surface area contributed by atoms with E-state index in [1.54, 1.807) is 18.3 Å². The van der Waals surface area contributed by atoms with Gasteiger partial charge in [-0.05, 0) is 18.2 Å². The van der Waals surface area contributed by atoms with Crippen molar-refractivity contribution in [3.05, 3.63) is 36.2 Å². The SMILES string of the molecule is COC(=O)c1ccn(-c2ccc(OC)cc2O)n1. The number of benzene rings is 1. The highest BCUT2D eigenvalue weighted by molar-refractivity contribution is 5.87. The van der Waals surface area contributed by atoms with E-state index in [0.29, 0.717) is 11.4 Å². The van der Waals surface area contributed by atoms with Crippen molar-refractivity contribution in [2.24, 2.45) is 0 Å². The van der Waals surface area contributed by atoms with Gasteiger partial charge < -0.3 is 14.6 Å². The van der Waals surface area contributed by atoms with Crippen molar-refractivity contribution >= 4 is 5.97 Å². The van der Waals surface area contributed by atoms with Gasteiger partial charge in [-0.1, -0.05) is 0 Å². The van der Waals surface area contributed by atoms with Crippen molar-refractivity contribution in [1.82, 2.24) is 9.78 Å². The first-order valence-corrected chi connectivity index (χ1v) is 5.17. The summed E-state index contributed by atoms with van der Waals surface area (Å²) < 4.78 is 10.9. The first-order chi connectivity index (χ1) is 8.65. The zero-order valence-electron chi connectivity index (χ0n) is 9.95. The number of carbonyl (C=O) groups is 1. The van der Waals surface area contributed by atoms with Crippen LogP contribution in [0.15, 0.2) is 30.5 Å². The number of phenolic OH excluding ortho intramolecular Hbond substituents is 1. The molecule has 2 aromatic rings. The predicted octanol–water partition coefficient (Wildman–Crippen LogP) is 1.37. The molecule has 1 N–H and O–H groups in total. The summed E-state index contributed by atoms with van der Waals surface area (Å²) in [4.78, 5) is 11.3. The maximum atomic E-state index is 11.3. The molecule has 0 saturated carbocycles. The first kappa shape index (κ1) is 12.0. The monoisotopic (exact) mass is 248 g/mol. The molecule has 0 atom stereocenters. The molecule has 0 radical (unpaired) electrons. The number of esters is 1. The van der Waals surface area contributed by atoms with Gasteiger partial charge in [-0.2, -0.15) is 5.10 Å². The fourth-order valence-corrected chi connectivity index (χ4v) is 1.50. The van der Waals surface area contributed by atoms with Crippen molar-refractivity contribution in [3.8, 4) is 17.2 Å². The van der Waals surface area contributed by atoms with Gasteiger partial charge in [0.1, 0.15) is 17.2 Å². The highest BCUT2D eigenvalue weighted by Gasteiger charge is 2.12. The lowest BCUT2D eigenvalue weighted by Crippen LogP contribution is -2.04. The second-order valence-electron chi connectivity index (χ2n) is 3.49. The van der Waals surface area contributed by atoms with Crippen LogP contribution < -0.4 is 4.74 Å². The molecule has 0 spiro atoms. The summed E-state index contributed by atoms with van der Waals surface area (Å²) in [7, 11) is 2.80. The summed E-state index contributed by atoms with van der Waals surface area (Å²) in [6.07, 6.45) is 1.56. The third kappa shape index (κ3) is 2.13. The van der Waals surface area contributed by atoms with Crippen LogP contribution in [-0.2, 0) is 4.74 Å². The highest BCUT2D eigenvalue weighted by Crippen LogP contribution is 2.26. The van der Waals surface area contributed by atoms with Crippen LogP contribution in [0.1, 0.15) is 10.5 Å². The van der Waals surface area contributed by atoms with Crippen LogP contribution in [0, 0.1) is 0 Å². The number of aromatic hydroxyl groups is 1. The van der Waals surface area contributed by atoms with Gasteiger partial charge in [0.25, 0.3) is 0 Å². The van der Waals surface area contributed by atoms with Crippen LogP contribution >= 0.6 is 0 Å². The Hall–Kier alpha value is -2.50. The molecule has 6 nitrogen and oxygen atoms in total. The summed E-state index contributed by atoms with van der Waals surface area (Å²) in [5.41, 5.74) is 0.624. The predicted molar refractivity (Wildman–Crippen MR) is 63.1 cm³/mol. The fraction of sp³-hybridized carbons (Fsp3) is 0.167. The number of hydrogen-bond acceptors (Lipinski definition) is 5. The molecule has 6 heteroatoms. The van der Waals surface area contributed by atoms with E-state index in [9.17, 15) is 9.90 Å². The molecule has 0 aliphatic heterocycles. The molecule has 0 aliphatic rings. The average Bonchev–Trinajstić information content (AvgIpc) is 2.87. The van der Waals surface area contributed by atoms with E-state index in [-0.39, 0.29) is 11.4 Å². The Morgan fingerprint density at radius 2 is 2.11 bits per heavy atom. The van der Waals surface area contributed by atoms with Gasteiger partial charge in [0.15, 0.2) is 5.69 Å². The lowest BCUT2D eigenvalue weighted by atomic mass is 10.3. The van der Waals surface area contributed by atoms with Crippen molar-refractivity contribution < 1.29 is 19.4 Å². The summed E-state index contributed by atoms with van der Waals surface area (Å²) >= 11 is 0. The van der Waals surface area contributed by atoms with E-state index in [2.05, 4.69) is 9.84 Å². The van der Waals surface area contributed by atoms with Gasteiger partial charge in [-0.15, -0.1) is 0 Å². The minimum absolute atomic E-state index is 0.00821. The van der Waals surface area contributed by atoms with Crippen LogP contribution in [0.2, 0.25) is 0 Å². The number of aromatic nitrogens is 2. The van der Waals surface area contributed by atoms with Crippen molar-refractivity contribution in [3.63, 3.8) is 0 Å². The summed E-state index contributed by atoms with van der Waals surface area (Å²) in [6, 6.07) is 6.31. The molecule has 1 aromatic carbocycles. The largest absolute Gasteiger partial charge is 0.506 e. The second kappa shape index (κ2) is 4.79. The van der Waals surface area contributed by atoms with Crippen molar-refractivity contribution in [2.45, 2.75) is 0 Å². The Labute approximate surface area is 103 Å². The van der Waals surface area contributed by atoms with Crippen LogP contribution in [0.4, 0.5) is 0 Å². The number of carbonyl (C=O) groups excluding carboxylic acids is 1. The van der Waals surface area contributed by atoms with Gasteiger partial charge in [0.05, 0.1) is 14.2 Å². The maximum absolute atomic E-state index is 11.3. The molecule has 0 fully saturated rings. The molecular weight excluding hydrogens is 236 g/mol. The van der Waals surface area contributed by atoms with E-state index in [0.717, 1.165) is 0 Å². The smallest absolute Gasteiger partial charge is 0.358 e. The first-order valence-electron chi connectivity index (χ1n) is 5.17. The summed E-state index contributed by atoms with van der Waals surface area (Å²) in [6.45, 7) is 0. The standard InChI is InChI=1S/C12H12N2O4/c1-17-8-3-4-10(11(15)7-8)14-6-5-9(13-14)12(16)18-2/h3-7,15H,1-2H3. The number of nitrogens with zero attached hydrogens (tertiary/aromatic N) is 2. The quantitative estimate of drug-likeness (QED) is 0.830. The lowest BCUT2D eigenvalue weighted by molar-refractivity contribution is 0.0593. The molecule has 2 rings (SSSR count). The summed E-state index contributed by atoms with van der Waals surface area (Å²) in [5.74, 6) is 0.0206. The van der Waals surface area contributed by atoms with Gasteiger partial charge in [0.2, 0.25) is 0 Å². The van der Waals surface area contributed by atoms with Gasteiger partial charge >= 0.3 is 5.97 Å². The van der Waals surface area contributed by atoms with Gasteiger partial charge in [-0.3, -0.25) is 0 Å². The Kier molecular flexibility index (Phi) is 3.18. The third-order valence-electron chi connectivity index (χ3n) is 2.41. The van der Waals surface area contributed by atoms with Crippen LogP contribution in [0.5, 0.6) is 11.5 Å². The molecule has 94 valence electrons. The van der Waals surface area contributed by atoms with Gasteiger partial charge in [0, 0.05) is 12.3 Å². The maximum Gasteiger partial charge on any atom is 0.358 e. The topological polar surface area (TPSA) is 73.6 Å². The number of ether oxygens (including phenoxy) is 2. The van der Waals surface area contributed by atoms with Crippen LogP contribution in [0.25, 0.3) is 5.69 Å². The molecule has 0 saturated heterocycles. The minimum atomic E-state index is -0.526. The third-order valence-corrected chi connectivity index (χ3v) is 2.41. The molecule has 1 aromatic heterocycles. The molecular formula is C12H12N2O4. The number of methoxy groups -OCH3 is 2. The molecule has 0 unspecified atom stereocenters. The molecule has 1 heterocycles. The lowest BCUT2D eigenvalue weighted by Gasteiger charge is -2.06. The molecule has 0 bridgehead atoms. The van der Waals surface area contributed by atoms with E-state index >= 15 is 0 Å². The number of phenols is 1. The second-order valence-corrected chi connectivity index (χ2v) is 3.49. The number of rotatable bonds is 3. The van der Waals surface area contributed by atoms with Crippen LogP contribution in [0.3, 0.4) is 0 Å². The molecule has 0 amide bonds. The fourth-order valence-electron chi connectivity index (χ4n) is 1.50. The van der Waals surface area contributed by atoms with Crippen molar-refractivity contribution in [1.29, 1.82) is 0 Å². The Balaban J connectivity index is 2.37. The zero-order chi connectivity index (χ0) is 13.1. The molecule has 0 aliphatic carbocycles. The summed E-state index contributed by atoms with van der Waals surface area (Å²) in [5, 5.41) is 13.8. The molecule has 18 heavy (non-hydrogen) atoms. The van der Waals surface area contributed by atoms with Crippen molar-refractivity contribution in [2.75, 3.05) is 14.2 Å². The van der Waals surface area contributed by atoms with E-state index < -0.39 is 5.97 Å². The normalized spacial score (nSPS) is 10.1. The minimum Gasteiger partial charge on any atom is -0.506 e. The Morgan fingerprint density at radius 1 is 1.33 bits per heavy atom. The zero-order valence-corrected chi connectivity index (χ0v) is 9.95. The Bertz CT molecular complexity index is 577. The van der Waals surface area contributed by atoms with E-state index in [4.69, 9.17) is 4.74 Å². The van der Waals surface area contributed by atoms with Crippen LogP contribution in [-0.4, -0.2) is 35.1 Å². The highest BCUT2D eigenvalue weighted by atomic mass is 16.5.